The average molecular weight is 360 g/mol. The van der Waals surface area contributed by atoms with Gasteiger partial charge in [0, 0.05) is 18.1 Å². The number of carbonyl (C=O) groups excluding carboxylic acids is 1. The fraction of sp³-hybridized carbons (Fsp3) is 0.476. The van der Waals surface area contributed by atoms with E-state index in [0.29, 0.717) is 29.9 Å². The van der Waals surface area contributed by atoms with E-state index in [4.69, 9.17) is 14.2 Å². The molecule has 1 aliphatic carbocycles. The topological polar surface area (TPSA) is 44.8 Å². The highest BCUT2D eigenvalue weighted by Gasteiger charge is 2.52. The first-order valence-corrected chi connectivity index (χ1v) is 8.89. The largest absolute Gasteiger partial charge is 0.497 e. The van der Waals surface area contributed by atoms with Gasteiger partial charge in [0.15, 0.2) is 12.6 Å². The van der Waals surface area contributed by atoms with Gasteiger partial charge in [-0.3, -0.25) is 4.79 Å². The van der Waals surface area contributed by atoms with Crippen LogP contribution in [0.25, 0.3) is 0 Å². The maximum atomic E-state index is 14.4. The molecule has 1 aromatic carbocycles. The molecule has 4 atom stereocenters. The van der Waals surface area contributed by atoms with E-state index in [2.05, 4.69) is 6.58 Å². The number of ketones is 1. The first kappa shape index (κ1) is 18.6. The van der Waals surface area contributed by atoms with Crippen LogP contribution in [0.15, 0.2) is 42.7 Å². The Morgan fingerprint density at radius 1 is 1.46 bits per heavy atom. The predicted octanol–water partition coefficient (Wildman–Crippen LogP) is 4.05. The van der Waals surface area contributed by atoms with Crippen molar-refractivity contribution in [2.24, 2.45) is 17.8 Å². The molecule has 0 bridgehead atoms. The van der Waals surface area contributed by atoms with E-state index < -0.39 is 5.60 Å². The number of carbonyl (C=O) groups is 1. The van der Waals surface area contributed by atoms with Gasteiger partial charge in [-0.25, -0.2) is 4.39 Å². The number of allylic oxidation sites excluding steroid dienone is 2. The average Bonchev–Trinajstić information content (AvgIpc) is 3.05. The van der Waals surface area contributed by atoms with Gasteiger partial charge in [-0.05, 0) is 36.3 Å². The van der Waals surface area contributed by atoms with Crippen molar-refractivity contribution >= 4 is 5.78 Å². The lowest BCUT2D eigenvalue weighted by Crippen LogP contribution is -2.46. The fourth-order valence-electron chi connectivity index (χ4n) is 3.89. The van der Waals surface area contributed by atoms with Gasteiger partial charge in [0.05, 0.1) is 7.11 Å². The molecule has 1 aliphatic heterocycles. The highest BCUT2D eigenvalue weighted by Crippen LogP contribution is 2.47. The maximum Gasteiger partial charge on any atom is 0.189 e. The van der Waals surface area contributed by atoms with Gasteiger partial charge >= 0.3 is 0 Å². The minimum absolute atomic E-state index is 0.0336. The van der Waals surface area contributed by atoms with Crippen molar-refractivity contribution in [3.63, 3.8) is 0 Å². The molecule has 2 unspecified atom stereocenters. The van der Waals surface area contributed by atoms with Gasteiger partial charge in [-0.2, -0.15) is 0 Å². The molecule has 0 saturated carbocycles. The molecular formula is C21H25FO4. The van der Waals surface area contributed by atoms with Gasteiger partial charge < -0.3 is 14.2 Å². The van der Waals surface area contributed by atoms with Crippen molar-refractivity contribution in [2.75, 3.05) is 13.9 Å². The summed E-state index contributed by atoms with van der Waals surface area (Å²) in [7, 11) is 1.51. The molecule has 3 rings (SSSR count). The van der Waals surface area contributed by atoms with Crippen molar-refractivity contribution in [3.05, 3.63) is 54.1 Å². The standard InChI is InChI=1S/C21H25FO4/c1-5-13(2)17-11-21(20(10-19(17)23)25-12-26-21)14(3)8-15-6-7-16(24-4)9-18(15)22/h5-7,9-10,13-14,17H,1,8,11-12H2,2-4H3/t13?,14?,17-,21-/m1/s1. The summed E-state index contributed by atoms with van der Waals surface area (Å²) < 4.78 is 31.1. The SMILES string of the molecule is C=CC(C)[C@H]1C[C@]2(C(C)Cc3ccc(OC)cc3F)OCOC2=CC1=O. The summed E-state index contributed by atoms with van der Waals surface area (Å²) in [4.78, 5) is 12.5. The molecule has 0 amide bonds. The zero-order valence-corrected chi connectivity index (χ0v) is 15.5. The number of methoxy groups -OCH3 is 1. The molecule has 0 radical (unpaired) electrons. The molecule has 4 nitrogen and oxygen atoms in total. The van der Waals surface area contributed by atoms with Crippen LogP contribution in [0, 0.1) is 23.6 Å². The van der Waals surface area contributed by atoms with E-state index in [9.17, 15) is 9.18 Å². The Labute approximate surface area is 153 Å². The van der Waals surface area contributed by atoms with Gasteiger partial charge in [0.2, 0.25) is 0 Å². The molecule has 1 aromatic rings. The number of rotatable bonds is 6. The van der Waals surface area contributed by atoms with E-state index >= 15 is 0 Å². The molecule has 5 heteroatoms. The molecule has 2 aliphatic rings. The van der Waals surface area contributed by atoms with E-state index in [0.717, 1.165) is 0 Å². The smallest absolute Gasteiger partial charge is 0.189 e. The van der Waals surface area contributed by atoms with E-state index in [-0.39, 0.29) is 36.1 Å². The minimum atomic E-state index is -0.706. The van der Waals surface area contributed by atoms with Crippen LogP contribution < -0.4 is 4.74 Å². The lowest BCUT2D eigenvalue weighted by Gasteiger charge is -2.39. The normalized spacial score (nSPS) is 27.2. The second-order valence-corrected chi connectivity index (χ2v) is 7.17. The van der Waals surface area contributed by atoms with Gasteiger partial charge in [-0.15, -0.1) is 6.58 Å². The number of halogens is 1. The molecule has 1 saturated heterocycles. The summed E-state index contributed by atoms with van der Waals surface area (Å²) in [6, 6.07) is 4.87. The van der Waals surface area contributed by atoms with Crippen LogP contribution in [-0.2, 0) is 20.7 Å². The predicted molar refractivity (Wildman–Crippen MR) is 96.1 cm³/mol. The minimum Gasteiger partial charge on any atom is -0.497 e. The highest BCUT2D eigenvalue weighted by atomic mass is 19.1. The van der Waals surface area contributed by atoms with Gasteiger partial charge in [0.1, 0.15) is 22.9 Å². The van der Waals surface area contributed by atoms with Crippen LogP contribution >= 0.6 is 0 Å². The van der Waals surface area contributed by atoms with Crippen LogP contribution in [0.2, 0.25) is 0 Å². The summed E-state index contributed by atoms with van der Waals surface area (Å²) in [6.07, 6.45) is 4.34. The third-order valence-electron chi connectivity index (χ3n) is 5.70. The van der Waals surface area contributed by atoms with Crippen molar-refractivity contribution in [1.29, 1.82) is 0 Å². The molecular weight excluding hydrogens is 335 g/mol. The number of benzene rings is 1. The van der Waals surface area contributed by atoms with E-state index in [1.54, 1.807) is 24.3 Å². The van der Waals surface area contributed by atoms with Crippen LogP contribution in [0.4, 0.5) is 4.39 Å². The third-order valence-corrected chi connectivity index (χ3v) is 5.70. The molecule has 0 spiro atoms. The molecule has 140 valence electrons. The summed E-state index contributed by atoms with van der Waals surface area (Å²) in [5.41, 5.74) is -0.116. The zero-order valence-electron chi connectivity index (χ0n) is 15.5. The second kappa shape index (κ2) is 7.23. The van der Waals surface area contributed by atoms with E-state index in [1.165, 1.54) is 13.2 Å². The van der Waals surface area contributed by atoms with Crippen LogP contribution in [0.5, 0.6) is 5.75 Å². The Kier molecular flexibility index (Phi) is 5.19. The Bertz CT molecular complexity index is 742. The third kappa shape index (κ3) is 3.16. The molecule has 26 heavy (non-hydrogen) atoms. The van der Waals surface area contributed by atoms with Gasteiger partial charge in [0.25, 0.3) is 0 Å². The number of ether oxygens (including phenoxy) is 3. The monoisotopic (exact) mass is 360 g/mol. The second-order valence-electron chi connectivity index (χ2n) is 7.17. The Balaban J connectivity index is 1.89. The maximum absolute atomic E-state index is 14.4. The van der Waals surface area contributed by atoms with Crippen LogP contribution in [0.1, 0.15) is 25.8 Å². The Morgan fingerprint density at radius 2 is 2.23 bits per heavy atom. The summed E-state index contributed by atoms with van der Waals surface area (Å²) in [6.45, 7) is 7.92. The lowest BCUT2D eigenvalue weighted by molar-refractivity contribution is -0.124. The number of hydrogen-bond donors (Lipinski definition) is 0. The first-order valence-electron chi connectivity index (χ1n) is 8.89. The lowest BCUT2D eigenvalue weighted by atomic mass is 9.69. The Morgan fingerprint density at radius 3 is 2.88 bits per heavy atom. The summed E-state index contributed by atoms with van der Waals surface area (Å²) >= 11 is 0. The first-order chi connectivity index (χ1) is 12.4. The van der Waals surface area contributed by atoms with E-state index in [1.807, 2.05) is 13.8 Å². The number of hydrogen-bond acceptors (Lipinski definition) is 4. The fourth-order valence-corrected chi connectivity index (χ4v) is 3.89. The molecule has 0 N–H and O–H groups in total. The van der Waals surface area contributed by atoms with Crippen molar-refractivity contribution in [1.82, 2.24) is 0 Å². The number of fused-ring (bicyclic) bond motifs is 1. The van der Waals surface area contributed by atoms with Crippen LogP contribution in [-0.4, -0.2) is 25.3 Å². The quantitative estimate of drug-likeness (QED) is 0.718. The van der Waals surface area contributed by atoms with Gasteiger partial charge in [-0.1, -0.05) is 26.0 Å². The van der Waals surface area contributed by atoms with Crippen molar-refractivity contribution in [3.8, 4) is 5.75 Å². The van der Waals surface area contributed by atoms with Crippen molar-refractivity contribution in [2.45, 2.75) is 32.3 Å². The molecule has 0 aromatic heterocycles. The highest BCUT2D eigenvalue weighted by molar-refractivity contribution is 5.94. The summed E-state index contributed by atoms with van der Waals surface area (Å²) in [5, 5.41) is 0. The summed E-state index contributed by atoms with van der Waals surface area (Å²) in [5.74, 6) is 0.549. The zero-order chi connectivity index (χ0) is 18.9. The molecule has 1 fully saturated rings. The Hall–Kier alpha value is -2.14. The van der Waals surface area contributed by atoms with Crippen LogP contribution in [0.3, 0.4) is 0 Å². The molecule has 1 heterocycles. The van der Waals surface area contributed by atoms with Crippen molar-refractivity contribution < 1.29 is 23.4 Å².